The Labute approximate surface area is 132 Å². The second-order valence-corrected chi connectivity index (χ2v) is 6.15. The molecule has 0 aliphatic carbocycles. The van der Waals surface area contributed by atoms with Crippen molar-refractivity contribution in [3.8, 4) is 11.5 Å². The molecule has 0 radical (unpaired) electrons. The monoisotopic (exact) mass is 351 g/mol. The van der Waals surface area contributed by atoms with Crippen LogP contribution in [0.1, 0.15) is 37.2 Å². The van der Waals surface area contributed by atoms with Gasteiger partial charge in [0.05, 0.1) is 22.4 Å². The van der Waals surface area contributed by atoms with Crippen LogP contribution >= 0.6 is 15.9 Å². The van der Waals surface area contributed by atoms with E-state index in [9.17, 15) is 0 Å². The molecule has 1 aromatic carbocycles. The minimum absolute atomic E-state index is 0.245. The lowest BCUT2D eigenvalue weighted by Gasteiger charge is -2.22. The highest BCUT2D eigenvalue weighted by molar-refractivity contribution is 9.10. The average molecular weight is 352 g/mol. The Morgan fingerprint density at radius 1 is 1.24 bits per heavy atom. The highest BCUT2D eigenvalue weighted by atomic mass is 79.9. The lowest BCUT2D eigenvalue weighted by molar-refractivity contribution is 0.171. The van der Waals surface area contributed by atoms with Gasteiger partial charge in [0.2, 0.25) is 0 Å². The fourth-order valence-electron chi connectivity index (χ4n) is 2.46. The van der Waals surface area contributed by atoms with Crippen molar-refractivity contribution in [1.29, 1.82) is 0 Å². The third-order valence-electron chi connectivity index (χ3n) is 3.50. The van der Waals surface area contributed by atoms with E-state index in [1.165, 1.54) is 0 Å². The Kier molecular flexibility index (Phi) is 3.91. The number of hydrogen-bond acceptors (Lipinski definition) is 4. The van der Waals surface area contributed by atoms with Crippen LogP contribution in [0.15, 0.2) is 28.9 Å². The summed E-state index contributed by atoms with van der Waals surface area (Å²) in [6.45, 7) is 5.32. The van der Waals surface area contributed by atoms with Crippen molar-refractivity contribution in [1.82, 2.24) is 9.78 Å². The molecule has 3 rings (SSSR count). The Morgan fingerprint density at radius 3 is 2.67 bits per heavy atom. The van der Waals surface area contributed by atoms with Crippen LogP contribution in [0.25, 0.3) is 0 Å². The maximum Gasteiger partial charge on any atom is 0.161 e. The lowest BCUT2D eigenvalue weighted by Crippen LogP contribution is -2.20. The number of nitrogens with two attached hydrogens (primary N) is 1. The molecule has 2 aromatic rings. The van der Waals surface area contributed by atoms with Gasteiger partial charge in [0.25, 0.3) is 0 Å². The molecule has 0 saturated heterocycles. The van der Waals surface area contributed by atoms with Crippen LogP contribution in [0.4, 0.5) is 0 Å². The fourth-order valence-corrected chi connectivity index (χ4v) is 2.98. The van der Waals surface area contributed by atoms with Crippen molar-refractivity contribution >= 4 is 15.9 Å². The molecule has 0 amide bonds. The van der Waals surface area contributed by atoms with Crippen molar-refractivity contribution in [3.05, 3.63) is 40.1 Å². The molecule has 0 spiro atoms. The van der Waals surface area contributed by atoms with E-state index in [-0.39, 0.29) is 12.1 Å². The standard InChI is InChI=1S/C15H18BrN3O2/c1-9(2)19-15(11(16)8-18-19)14(17)10-3-4-12-13(7-10)21-6-5-20-12/h3-4,7-9,14H,5-6,17H2,1-2H3. The minimum atomic E-state index is -0.278. The molecule has 0 bridgehead atoms. The minimum Gasteiger partial charge on any atom is -0.486 e. The molecule has 1 atom stereocenters. The van der Waals surface area contributed by atoms with Crippen molar-refractivity contribution < 1.29 is 9.47 Å². The van der Waals surface area contributed by atoms with Gasteiger partial charge in [-0.05, 0) is 47.5 Å². The van der Waals surface area contributed by atoms with E-state index in [2.05, 4.69) is 34.9 Å². The molecule has 2 heterocycles. The fraction of sp³-hybridized carbons (Fsp3) is 0.400. The van der Waals surface area contributed by atoms with Crippen LogP contribution in [0.5, 0.6) is 11.5 Å². The van der Waals surface area contributed by atoms with Gasteiger partial charge in [0, 0.05) is 6.04 Å². The van der Waals surface area contributed by atoms with E-state index >= 15 is 0 Å². The summed E-state index contributed by atoms with van der Waals surface area (Å²) in [5.74, 6) is 1.52. The van der Waals surface area contributed by atoms with Crippen LogP contribution in [0.3, 0.4) is 0 Å². The van der Waals surface area contributed by atoms with Gasteiger partial charge in [0.1, 0.15) is 13.2 Å². The highest BCUT2D eigenvalue weighted by Crippen LogP contribution is 2.35. The summed E-state index contributed by atoms with van der Waals surface area (Å²) in [5.41, 5.74) is 8.38. The normalized spacial score (nSPS) is 15.3. The third-order valence-corrected chi connectivity index (χ3v) is 4.11. The first-order valence-electron chi connectivity index (χ1n) is 6.96. The first kappa shape index (κ1) is 14.4. The first-order chi connectivity index (χ1) is 10.1. The molecule has 1 unspecified atom stereocenters. The van der Waals surface area contributed by atoms with E-state index in [1.807, 2.05) is 22.9 Å². The molecular formula is C15H18BrN3O2. The molecule has 2 N–H and O–H groups in total. The number of nitrogens with zero attached hydrogens (tertiary/aromatic N) is 2. The number of fused-ring (bicyclic) bond motifs is 1. The van der Waals surface area contributed by atoms with Crippen LogP contribution in [0, 0.1) is 0 Å². The van der Waals surface area contributed by atoms with Gasteiger partial charge < -0.3 is 15.2 Å². The number of aromatic nitrogens is 2. The number of ether oxygens (including phenoxy) is 2. The summed E-state index contributed by atoms with van der Waals surface area (Å²) in [7, 11) is 0. The van der Waals surface area contributed by atoms with Gasteiger partial charge >= 0.3 is 0 Å². The predicted molar refractivity (Wildman–Crippen MR) is 83.8 cm³/mol. The molecule has 21 heavy (non-hydrogen) atoms. The Hall–Kier alpha value is -1.53. The van der Waals surface area contributed by atoms with Gasteiger partial charge in [-0.25, -0.2) is 0 Å². The molecule has 1 aliphatic rings. The maximum atomic E-state index is 6.45. The van der Waals surface area contributed by atoms with Crippen LogP contribution in [-0.2, 0) is 0 Å². The average Bonchev–Trinajstić information content (AvgIpc) is 2.88. The summed E-state index contributed by atoms with van der Waals surface area (Å²) in [4.78, 5) is 0. The third kappa shape index (κ3) is 2.65. The summed E-state index contributed by atoms with van der Waals surface area (Å²) in [6, 6.07) is 5.80. The van der Waals surface area contributed by atoms with Crippen molar-refractivity contribution in [2.75, 3.05) is 13.2 Å². The Morgan fingerprint density at radius 2 is 1.95 bits per heavy atom. The molecule has 112 valence electrons. The van der Waals surface area contributed by atoms with Gasteiger partial charge in [-0.15, -0.1) is 0 Å². The van der Waals surface area contributed by atoms with Crippen LogP contribution in [-0.4, -0.2) is 23.0 Å². The van der Waals surface area contributed by atoms with Crippen LogP contribution < -0.4 is 15.2 Å². The molecule has 0 fully saturated rings. The Bertz CT molecular complexity index is 654. The zero-order valence-electron chi connectivity index (χ0n) is 12.0. The SMILES string of the molecule is CC(C)n1ncc(Br)c1C(N)c1ccc2c(c1)OCCO2. The largest absolute Gasteiger partial charge is 0.486 e. The van der Waals surface area contributed by atoms with E-state index in [4.69, 9.17) is 15.2 Å². The van der Waals surface area contributed by atoms with E-state index < -0.39 is 0 Å². The van der Waals surface area contributed by atoms with Gasteiger partial charge in [-0.2, -0.15) is 5.10 Å². The van der Waals surface area contributed by atoms with E-state index in [0.29, 0.717) is 13.2 Å². The van der Waals surface area contributed by atoms with E-state index in [0.717, 1.165) is 27.2 Å². The molecular weight excluding hydrogens is 334 g/mol. The number of halogens is 1. The second kappa shape index (κ2) is 5.69. The molecule has 5 nitrogen and oxygen atoms in total. The summed E-state index contributed by atoms with van der Waals surface area (Å²) in [6.07, 6.45) is 1.78. The highest BCUT2D eigenvalue weighted by Gasteiger charge is 2.22. The smallest absolute Gasteiger partial charge is 0.161 e. The molecule has 6 heteroatoms. The second-order valence-electron chi connectivity index (χ2n) is 5.30. The number of rotatable bonds is 3. The van der Waals surface area contributed by atoms with Crippen molar-refractivity contribution in [2.45, 2.75) is 25.9 Å². The maximum absolute atomic E-state index is 6.45. The lowest BCUT2D eigenvalue weighted by atomic mass is 10.0. The summed E-state index contributed by atoms with van der Waals surface area (Å²) < 4.78 is 14.0. The number of benzene rings is 1. The number of hydrogen-bond donors (Lipinski definition) is 1. The first-order valence-corrected chi connectivity index (χ1v) is 7.75. The summed E-state index contributed by atoms with van der Waals surface area (Å²) >= 11 is 3.54. The molecule has 1 aromatic heterocycles. The van der Waals surface area contributed by atoms with E-state index in [1.54, 1.807) is 6.20 Å². The summed E-state index contributed by atoms with van der Waals surface area (Å²) in [5, 5.41) is 4.38. The predicted octanol–water partition coefficient (Wildman–Crippen LogP) is 3.05. The van der Waals surface area contributed by atoms with Gasteiger partial charge in [-0.3, -0.25) is 4.68 Å². The molecule has 1 aliphatic heterocycles. The molecule has 0 saturated carbocycles. The van der Waals surface area contributed by atoms with Gasteiger partial charge in [0.15, 0.2) is 11.5 Å². The quantitative estimate of drug-likeness (QED) is 0.922. The van der Waals surface area contributed by atoms with Crippen molar-refractivity contribution in [2.24, 2.45) is 5.73 Å². The topological polar surface area (TPSA) is 62.3 Å². The van der Waals surface area contributed by atoms with Crippen molar-refractivity contribution in [3.63, 3.8) is 0 Å². The zero-order chi connectivity index (χ0) is 15.0. The zero-order valence-corrected chi connectivity index (χ0v) is 13.6. The Balaban J connectivity index is 1.99. The van der Waals surface area contributed by atoms with Gasteiger partial charge in [-0.1, -0.05) is 6.07 Å². The van der Waals surface area contributed by atoms with Crippen LogP contribution in [0.2, 0.25) is 0 Å².